The van der Waals surface area contributed by atoms with Crippen molar-refractivity contribution < 1.29 is 14.3 Å². The van der Waals surface area contributed by atoms with Gasteiger partial charge in [0.1, 0.15) is 18.5 Å². The molecule has 1 amide bonds. The van der Waals surface area contributed by atoms with Crippen LogP contribution in [-0.4, -0.2) is 18.2 Å². The fourth-order valence-corrected chi connectivity index (χ4v) is 2.99. The van der Waals surface area contributed by atoms with Crippen molar-refractivity contribution in [2.45, 2.75) is 44.4 Å². The Morgan fingerprint density at radius 1 is 0.958 bits per heavy atom. The van der Waals surface area contributed by atoms with Gasteiger partial charge in [-0.15, -0.1) is 0 Å². The third-order valence-corrected chi connectivity index (χ3v) is 4.25. The normalized spacial score (nSPS) is 20.2. The maximum Gasteiger partial charge on any atom is 0.407 e. The van der Waals surface area contributed by atoms with E-state index in [1.54, 1.807) is 0 Å². The van der Waals surface area contributed by atoms with Gasteiger partial charge in [0.05, 0.1) is 6.04 Å². The summed E-state index contributed by atoms with van der Waals surface area (Å²) in [6, 6.07) is 19.4. The molecule has 1 aliphatic carbocycles. The third kappa shape index (κ3) is 4.75. The van der Waals surface area contributed by atoms with E-state index < -0.39 is 0 Å². The number of para-hydroxylation sites is 1. The first kappa shape index (κ1) is 16.4. The topological polar surface area (TPSA) is 47.6 Å². The van der Waals surface area contributed by atoms with Crippen LogP contribution < -0.4 is 10.1 Å². The molecule has 1 aliphatic rings. The number of ether oxygens (including phenoxy) is 2. The van der Waals surface area contributed by atoms with Gasteiger partial charge in [0.2, 0.25) is 0 Å². The molecule has 1 N–H and O–H groups in total. The molecule has 0 unspecified atom stereocenters. The summed E-state index contributed by atoms with van der Waals surface area (Å²) >= 11 is 0. The lowest BCUT2D eigenvalue weighted by Gasteiger charge is -2.32. The maximum absolute atomic E-state index is 12.1. The van der Waals surface area contributed by atoms with Gasteiger partial charge in [-0.05, 0) is 37.0 Å². The van der Waals surface area contributed by atoms with Crippen LogP contribution in [0.2, 0.25) is 0 Å². The highest BCUT2D eigenvalue weighted by atomic mass is 16.5. The third-order valence-electron chi connectivity index (χ3n) is 4.25. The molecule has 0 spiro atoms. The average molecular weight is 325 g/mol. The van der Waals surface area contributed by atoms with Gasteiger partial charge in [-0.25, -0.2) is 4.79 Å². The highest BCUT2D eigenvalue weighted by Crippen LogP contribution is 2.24. The first-order chi connectivity index (χ1) is 11.8. The standard InChI is InChI=1S/C20H23NO3/c22-20(23-15-16-9-3-1-4-10-16)21-18-13-7-8-14-19(18)24-17-11-5-2-6-12-17/h1-6,9-12,18-19H,7-8,13-15H2,(H,21,22)/t18-,19-/m1/s1. The molecule has 3 rings (SSSR count). The molecule has 1 saturated carbocycles. The molecule has 126 valence electrons. The van der Waals surface area contributed by atoms with Gasteiger partial charge in [-0.1, -0.05) is 55.0 Å². The molecule has 1 fully saturated rings. The summed E-state index contributed by atoms with van der Waals surface area (Å²) in [4.78, 5) is 12.1. The number of benzene rings is 2. The van der Waals surface area contributed by atoms with E-state index in [1.165, 1.54) is 0 Å². The number of alkyl carbamates (subject to hydrolysis) is 1. The molecule has 2 atom stereocenters. The molecule has 4 nitrogen and oxygen atoms in total. The SMILES string of the molecule is O=C(N[C@@H]1CCCC[C@H]1Oc1ccccc1)OCc1ccccc1. The second-order valence-corrected chi connectivity index (χ2v) is 6.07. The number of carbonyl (C=O) groups is 1. The molecule has 0 saturated heterocycles. The molecule has 0 radical (unpaired) electrons. The van der Waals surface area contributed by atoms with E-state index in [9.17, 15) is 4.79 Å². The van der Waals surface area contributed by atoms with E-state index in [1.807, 2.05) is 60.7 Å². The number of carbonyl (C=O) groups excluding carboxylic acids is 1. The predicted octanol–water partition coefficient (Wildman–Crippen LogP) is 4.30. The Kier molecular flexibility index (Phi) is 5.72. The minimum atomic E-state index is -0.382. The highest BCUT2D eigenvalue weighted by Gasteiger charge is 2.28. The molecule has 2 aromatic rings. The monoisotopic (exact) mass is 325 g/mol. The fourth-order valence-electron chi connectivity index (χ4n) is 2.99. The van der Waals surface area contributed by atoms with E-state index in [4.69, 9.17) is 9.47 Å². The smallest absolute Gasteiger partial charge is 0.407 e. The fraction of sp³-hybridized carbons (Fsp3) is 0.350. The Morgan fingerprint density at radius 2 is 1.62 bits per heavy atom. The van der Waals surface area contributed by atoms with Gasteiger partial charge in [-0.2, -0.15) is 0 Å². The molecule has 24 heavy (non-hydrogen) atoms. The van der Waals surface area contributed by atoms with E-state index in [0.717, 1.165) is 37.0 Å². The van der Waals surface area contributed by atoms with Crippen molar-refractivity contribution in [3.05, 3.63) is 66.2 Å². The van der Waals surface area contributed by atoms with Crippen molar-refractivity contribution in [2.75, 3.05) is 0 Å². The summed E-state index contributed by atoms with van der Waals surface area (Å²) in [5.41, 5.74) is 0.980. The molecule has 0 aliphatic heterocycles. The lowest BCUT2D eigenvalue weighted by Crippen LogP contribution is -2.47. The Hall–Kier alpha value is -2.49. The van der Waals surface area contributed by atoms with Crippen LogP contribution in [0.1, 0.15) is 31.2 Å². The number of nitrogens with one attached hydrogen (secondary N) is 1. The second kappa shape index (κ2) is 8.39. The van der Waals surface area contributed by atoms with Crippen LogP contribution in [0, 0.1) is 0 Å². The lowest BCUT2D eigenvalue weighted by molar-refractivity contribution is 0.0932. The van der Waals surface area contributed by atoms with E-state index >= 15 is 0 Å². The summed E-state index contributed by atoms with van der Waals surface area (Å²) in [7, 11) is 0. The van der Waals surface area contributed by atoms with Gasteiger partial charge in [-0.3, -0.25) is 0 Å². The Bertz CT molecular complexity index is 630. The van der Waals surface area contributed by atoms with Crippen molar-refractivity contribution in [3.8, 4) is 5.75 Å². The number of hydrogen-bond acceptors (Lipinski definition) is 3. The molecule has 0 bridgehead atoms. The van der Waals surface area contributed by atoms with Gasteiger partial charge < -0.3 is 14.8 Å². The van der Waals surface area contributed by atoms with Crippen LogP contribution in [-0.2, 0) is 11.3 Å². The van der Waals surface area contributed by atoms with Gasteiger partial charge in [0.15, 0.2) is 0 Å². The summed E-state index contributed by atoms with van der Waals surface area (Å²) in [6.07, 6.45) is 3.68. The molecule has 4 heteroatoms. The first-order valence-corrected chi connectivity index (χ1v) is 8.50. The van der Waals surface area contributed by atoms with Crippen molar-refractivity contribution in [1.29, 1.82) is 0 Å². The molecule has 2 aromatic carbocycles. The summed E-state index contributed by atoms with van der Waals surface area (Å²) in [5.74, 6) is 0.842. The Labute approximate surface area is 142 Å². The van der Waals surface area contributed by atoms with Crippen molar-refractivity contribution in [1.82, 2.24) is 5.32 Å². The number of amides is 1. The Balaban J connectivity index is 1.52. The van der Waals surface area contributed by atoms with Crippen molar-refractivity contribution >= 4 is 6.09 Å². The zero-order chi connectivity index (χ0) is 16.6. The Morgan fingerprint density at radius 3 is 2.38 bits per heavy atom. The molecular weight excluding hydrogens is 302 g/mol. The summed E-state index contributed by atoms with van der Waals surface area (Å²) < 4.78 is 11.4. The minimum absolute atomic E-state index is 0.00887. The van der Waals surface area contributed by atoms with Crippen LogP contribution in [0.25, 0.3) is 0 Å². The van der Waals surface area contributed by atoms with Crippen LogP contribution in [0.5, 0.6) is 5.75 Å². The van der Waals surface area contributed by atoms with Crippen LogP contribution in [0.4, 0.5) is 4.79 Å². The zero-order valence-corrected chi connectivity index (χ0v) is 13.7. The quantitative estimate of drug-likeness (QED) is 0.891. The summed E-state index contributed by atoms with van der Waals surface area (Å²) in [6.45, 7) is 0.281. The maximum atomic E-state index is 12.1. The number of rotatable bonds is 5. The van der Waals surface area contributed by atoms with Crippen LogP contribution >= 0.6 is 0 Å². The van der Waals surface area contributed by atoms with Crippen LogP contribution in [0.15, 0.2) is 60.7 Å². The molecule has 0 heterocycles. The minimum Gasteiger partial charge on any atom is -0.488 e. The predicted molar refractivity (Wildman–Crippen MR) is 92.9 cm³/mol. The van der Waals surface area contributed by atoms with Crippen LogP contribution in [0.3, 0.4) is 0 Å². The largest absolute Gasteiger partial charge is 0.488 e. The lowest BCUT2D eigenvalue weighted by atomic mass is 9.92. The first-order valence-electron chi connectivity index (χ1n) is 8.50. The van der Waals surface area contributed by atoms with E-state index in [2.05, 4.69) is 5.32 Å². The van der Waals surface area contributed by atoms with Crippen molar-refractivity contribution in [2.24, 2.45) is 0 Å². The summed E-state index contributed by atoms with van der Waals surface area (Å²) in [5, 5.41) is 2.97. The van der Waals surface area contributed by atoms with Gasteiger partial charge in [0.25, 0.3) is 0 Å². The zero-order valence-electron chi connectivity index (χ0n) is 13.7. The highest BCUT2D eigenvalue weighted by molar-refractivity contribution is 5.67. The number of hydrogen-bond donors (Lipinski definition) is 1. The van der Waals surface area contributed by atoms with Gasteiger partial charge >= 0.3 is 6.09 Å². The average Bonchev–Trinajstić information content (AvgIpc) is 2.63. The van der Waals surface area contributed by atoms with Gasteiger partial charge in [0, 0.05) is 0 Å². The molecule has 0 aromatic heterocycles. The second-order valence-electron chi connectivity index (χ2n) is 6.07. The van der Waals surface area contributed by atoms with Crippen molar-refractivity contribution in [3.63, 3.8) is 0 Å². The van der Waals surface area contributed by atoms with E-state index in [-0.39, 0.29) is 24.8 Å². The molecular formula is C20H23NO3. The van der Waals surface area contributed by atoms with E-state index in [0.29, 0.717) is 0 Å².